The summed E-state index contributed by atoms with van der Waals surface area (Å²) < 4.78 is 12.6. The van der Waals surface area contributed by atoms with E-state index in [1.54, 1.807) is 23.5 Å². The number of hydrogen-bond donors (Lipinski definition) is 1. The molecule has 2 aromatic heterocycles. The van der Waals surface area contributed by atoms with Crippen molar-refractivity contribution in [3.05, 3.63) is 33.5 Å². The molecule has 7 nitrogen and oxygen atoms in total. The van der Waals surface area contributed by atoms with Gasteiger partial charge in [-0.05, 0) is 26.3 Å². The zero-order valence-electron chi connectivity index (χ0n) is 18.1. The lowest BCUT2D eigenvalue weighted by molar-refractivity contribution is -0.113. The predicted molar refractivity (Wildman–Crippen MR) is 127 cm³/mol. The lowest BCUT2D eigenvalue weighted by Gasteiger charge is -2.14. The van der Waals surface area contributed by atoms with Gasteiger partial charge in [0.25, 0.3) is 0 Å². The Kier molecular flexibility index (Phi) is 7.85. The molecule has 0 saturated carbocycles. The number of rotatable bonds is 9. The van der Waals surface area contributed by atoms with Crippen LogP contribution in [0.5, 0.6) is 11.5 Å². The fourth-order valence-electron chi connectivity index (χ4n) is 3.00. The van der Waals surface area contributed by atoms with E-state index in [1.165, 1.54) is 30.9 Å². The molecule has 0 spiro atoms. The van der Waals surface area contributed by atoms with E-state index in [0.717, 1.165) is 17.8 Å². The largest absolute Gasteiger partial charge is 0.495 e. The number of carbonyl (C=O) groups is 1. The third-order valence-corrected chi connectivity index (χ3v) is 6.84. The van der Waals surface area contributed by atoms with E-state index in [4.69, 9.17) is 21.1 Å². The first-order valence-electron chi connectivity index (χ1n) is 9.74. The first-order valence-corrected chi connectivity index (χ1v) is 12.0. The predicted octanol–water partition coefficient (Wildman–Crippen LogP) is 5.55. The summed E-state index contributed by atoms with van der Waals surface area (Å²) >= 11 is 9.19. The molecule has 1 aromatic carbocycles. The number of carbonyl (C=O) groups excluding carboxylic acids is 1. The van der Waals surface area contributed by atoms with E-state index < -0.39 is 0 Å². The molecular formula is C21H25ClN4O3S2. The van der Waals surface area contributed by atoms with Crippen LogP contribution in [0.15, 0.2) is 28.7 Å². The number of halogens is 1. The summed E-state index contributed by atoms with van der Waals surface area (Å²) in [5, 5.41) is 14.8. The third-order valence-electron chi connectivity index (χ3n) is 4.52. The summed E-state index contributed by atoms with van der Waals surface area (Å²) in [6.45, 7) is 6.29. The van der Waals surface area contributed by atoms with Gasteiger partial charge in [-0.25, -0.2) is 0 Å². The summed E-state index contributed by atoms with van der Waals surface area (Å²) in [7, 11) is 3.03. The van der Waals surface area contributed by atoms with Crippen molar-refractivity contribution in [2.45, 2.75) is 38.4 Å². The van der Waals surface area contributed by atoms with Gasteiger partial charge in [0.15, 0.2) is 11.0 Å². The third kappa shape index (κ3) is 5.34. The Labute approximate surface area is 195 Å². The van der Waals surface area contributed by atoms with E-state index in [0.29, 0.717) is 27.4 Å². The summed E-state index contributed by atoms with van der Waals surface area (Å²) in [5.74, 6) is 1.70. The highest BCUT2D eigenvalue weighted by Gasteiger charge is 2.19. The second kappa shape index (κ2) is 10.4. The minimum absolute atomic E-state index is 0.154. The monoisotopic (exact) mass is 480 g/mol. The van der Waals surface area contributed by atoms with Crippen molar-refractivity contribution in [3.63, 3.8) is 0 Å². The Hall–Kier alpha value is -2.23. The van der Waals surface area contributed by atoms with Crippen LogP contribution in [0.2, 0.25) is 5.02 Å². The zero-order valence-corrected chi connectivity index (χ0v) is 20.5. The van der Waals surface area contributed by atoms with Gasteiger partial charge >= 0.3 is 0 Å². The minimum Gasteiger partial charge on any atom is -0.495 e. The number of amides is 1. The SMILES string of the molecule is CCc1cc(-c2nnc(SCC(=O)Nc3cc(OC)c(Cl)cc3OC)n2C(C)C)cs1. The number of nitrogens with one attached hydrogen (secondary N) is 1. The first-order chi connectivity index (χ1) is 14.9. The van der Waals surface area contributed by atoms with Crippen LogP contribution in [0.4, 0.5) is 5.69 Å². The van der Waals surface area contributed by atoms with E-state index in [9.17, 15) is 4.79 Å². The smallest absolute Gasteiger partial charge is 0.234 e. The van der Waals surface area contributed by atoms with Crippen molar-refractivity contribution in [2.75, 3.05) is 25.3 Å². The van der Waals surface area contributed by atoms with E-state index in [1.807, 2.05) is 0 Å². The molecule has 10 heteroatoms. The van der Waals surface area contributed by atoms with E-state index >= 15 is 0 Å². The molecule has 0 aliphatic rings. The van der Waals surface area contributed by atoms with Crippen LogP contribution in [0.1, 0.15) is 31.7 Å². The molecule has 1 N–H and O–H groups in total. The maximum atomic E-state index is 12.6. The number of ether oxygens (including phenoxy) is 2. The average molecular weight is 481 g/mol. The van der Waals surface area contributed by atoms with Gasteiger partial charge in [-0.15, -0.1) is 21.5 Å². The number of aryl methyl sites for hydroxylation is 1. The second-order valence-electron chi connectivity index (χ2n) is 6.95. The molecule has 166 valence electrons. The fourth-order valence-corrected chi connectivity index (χ4v) is 4.91. The Morgan fingerprint density at radius 3 is 2.58 bits per heavy atom. The zero-order chi connectivity index (χ0) is 22.5. The molecule has 0 unspecified atom stereocenters. The fraction of sp³-hybridized carbons (Fsp3) is 0.381. The Balaban J connectivity index is 1.75. The molecule has 3 aromatic rings. The van der Waals surface area contributed by atoms with Gasteiger partial charge in [-0.2, -0.15) is 0 Å². The van der Waals surface area contributed by atoms with Gasteiger partial charge in [-0.3, -0.25) is 9.36 Å². The number of nitrogens with zero attached hydrogens (tertiary/aromatic N) is 3. The van der Waals surface area contributed by atoms with Crippen LogP contribution in [0.25, 0.3) is 11.4 Å². The van der Waals surface area contributed by atoms with Gasteiger partial charge in [0, 0.05) is 34.0 Å². The maximum absolute atomic E-state index is 12.6. The quantitative estimate of drug-likeness (QED) is 0.404. The lowest BCUT2D eigenvalue weighted by atomic mass is 10.2. The molecule has 0 fully saturated rings. The molecule has 0 atom stereocenters. The number of thioether (sulfide) groups is 1. The highest BCUT2D eigenvalue weighted by molar-refractivity contribution is 7.99. The highest BCUT2D eigenvalue weighted by Crippen LogP contribution is 2.36. The van der Waals surface area contributed by atoms with Gasteiger partial charge in [0.05, 0.1) is 30.7 Å². The molecular weight excluding hydrogens is 456 g/mol. The molecule has 3 rings (SSSR count). The lowest BCUT2D eigenvalue weighted by Crippen LogP contribution is -2.15. The summed E-state index contributed by atoms with van der Waals surface area (Å²) in [6, 6.07) is 5.55. The number of hydrogen-bond acceptors (Lipinski definition) is 7. The summed E-state index contributed by atoms with van der Waals surface area (Å²) in [5.41, 5.74) is 1.54. The van der Waals surface area contributed by atoms with Crippen molar-refractivity contribution in [1.82, 2.24) is 14.8 Å². The van der Waals surface area contributed by atoms with Crippen molar-refractivity contribution in [2.24, 2.45) is 0 Å². The minimum atomic E-state index is -0.198. The van der Waals surface area contributed by atoms with Crippen LogP contribution in [0, 0.1) is 0 Å². The molecule has 0 bridgehead atoms. The number of anilines is 1. The number of aromatic nitrogens is 3. The summed E-state index contributed by atoms with van der Waals surface area (Å²) in [6.07, 6.45) is 0.987. The highest BCUT2D eigenvalue weighted by atomic mass is 35.5. The van der Waals surface area contributed by atoms with Crippen molar-refractivity contribution >= 4 is 46.3 Å². The first kappa shape index (κ1) is 23.4. The van der Waals surface area contributed by atoms with Crippen LogP contribution in [0.3, 0.4) is 0 Å². The molecule has 1 amide bonds. The van der Waals surface area contributed by atoms with Crippen molar-refractivity contribution < 1.29 is 14.3 Å². The molecule has 31 heavy (non-hydrogen) atoms. The number of benzene rings is 1. The van der Waals surface area contributed by atoms with Gasteiger partial charge in [0.2, 0.25) is 5.91 Å². The second-order valence-corrected chi connectivity index (χ2v) is 9.29. The van der Waals surface area contributed by atoms with E-state index in [-0.39, 0.29) is 17.7 Å². The molecule has 0 saturated heterocycles. The van der Waals surface area contributed by atoms with Crippen LogP contribution < -0.4 is 14.8 Å². The molecule has 0 radical (unpaired) electrons. The molecule has 2 heterocycles. The van der Waals surface area contributed by atoms with Crippen molar-refractivity contribution in [1.29, 1.82) is 0 Å². The van der Waals surface area contributed by atoms with E-state index in [2.05, 4.69) is 52.3 Å². The van der Waals surface area contributed by atoms with Crippen molar-refractivity contribution in [3.8, 4) is 22.9 Å². The topological polar surface area (TPSA) is 78.3 Å². The number of thiophene rings is 1. The van der Waals surface area contributed by atoms with Gasteiger partial charge < -0.3 is 14.8 Å². The maximum Gasteiger partial charge on any atom is 0.234 e. The standard InChI is InChI=1S/C21H25ClN4O3S2/c1-6-14-7-13(10-30-14)20-24-25-21(26(20)12(2)3)31-11-19(27)23-16-9-17(28-4)15(22)8-18(16)29-5/h7-10,12H,6,11H2,1-5H3,(H,23,27). The Bertz CT molecular complexity index is 1070. The van der Waals surface area contributed by atoms with Gasteiger partial charge in [0.1, 0.15) is 11.5 Å². The van der Waals surface area contributed by atoms with Crippen LogP contribution in [-0.4, -0.2) is 40.6 Å². The average Bonchev–Trinajstić information content (AvgIpc) is 3.39. The molecule has 0 aliphatic heterocycles. The normalized spacial score (nSPS) is 11.1. The Morgan fingerprint density at radius 2 is 1.97 bits per heavy atom. The van der Waals surface area contributed by atoms with Crippen LogP contribution >= 0.6 is 34.7 Å². The molecule has 0 aliphatic carbocycles. The number of methoxy groups -OCH3 is 2. The Morgan fingerprint density at radius 1 is 1.23 bits per heavy atom. The van der Waals surface area contributed by atoms with Gasteiger partial charge in [-0.1, -0.05) is 30.3 Å². The summed E-state index contributed by atoms with van der Waals surface area (Å²) in [4.78, 5) is 13.9. The van der Waals surface area contributed by atoms with Crippen LogP contribution in [-0.2, 0) is 11.2 Å².